The summed E-state index contributed by atoms with van der Waals surface area (Å²) in [4.78, 5) is 0. The molecule has 0 amide bonds. The molecule has 0 aliphatic rings. The van der Waals surface area contributed by atoms with E-state index in [9.17, 15) is 31.6 Å². The van der Waals surface area contributed by atoms with E-state index in [-0.39, 0.29) is 66.3 Å². The Bertz CT molecular complexity index is 3290. The number of halogens is 12. The van der Waals surface area contributed by atoms with E-state index in [1.807, 2.05) is 6.07 Å². The van der Waals surface area contributed by atoms with E-state index in [2.05, 4.69) is 0 Å². The summed E-state index contributed by atoms with van der Waals surface area (Å²) in [7, 11) is 0. The van der Waals surface area contributed by atoms with Crippen molar-refractivity contribution in [3.63, 3.8) is 0 Å². The molecular weight excluding hydrogens is 835 g/mol. The van der Waals surface area contributed by atoms with Crippen LogP contribution in [-0.4, -0.2) is 9.13 Å². The van der Waals surface area contributed by atoms with Gasteiger partial charge in [0.2, 0.25) is 0 Å². The first kappa shape index (κ1) is 40.2. The van der Waals surface area contributed by atoms with Gasteiger partial charge in [0.1, 0.15) is 0 Å². The van der Waals surface area contributed by atoms with Gasteiger partial charge in [-0.15, -0.1) is 0 Å². The third-order valence-electron chi connectivity index (χ3n) is 10.9. The van der Waals surface area contributed by atoms with E-state index >= 15 is 26.3 Å². The number of hydrogen-bond acceptors (Lipinski definition) is 1. The van der Waals surface area contributed by atoms with Gasteiger partial charge in [-0.05, 0) is 84.4 Å². The number of rotatable bonds is 4. The highest BCUT2D eigenvalue weighted by molar-refractivity contribution is 6.12. The summed E-state index contributed by atoms with van der Waals surface area (Å²) in [6.07, 6.45) is -20.3. The third kappa shape index (κ3) is 6.40. The molecule has 9 rings (SSSR count). The average molecular weight is 858 g/mol. The minimum Gasteiger partial charge on any atom is -0.309 e. The van der Waals surface area contributed by atoms with Gasteiger partial charge in [0.05, 0.1) is 67.3 Å². The monoisotopic (exact) mass is 857 g/mol. The van der Waals surface area contributed by atoms with Crippen LogP contribution in [0, 0.1) is 11.3 Å². The highest BCUT2D eigenvalue weighted by atomic mass is 19.4. The SMILES string of the molecule is N#Cc1cccc(-n2c3ccccc3c3cc(C(F)(F)F)ccc32)c1-c1c(-c2c(C(F)(F)F)cccc2C(F)(F)F)cccc1-n1c2ccccc2c2cc(C(F)(F)F)ccc21. The lowest BCUT2D eigenvalue weighted by atomic mass is 9.85. The molecule has 0 aliphatic heterocycles. The van der Waals surface area contributed by atoms with Crippen LogP contribution in [0.5, 0.6) is 0 Å². The zero-order valence-electron chi connectivity index (χ0n) is 31.2. The summed E-state index contributed by atoms with van der Waals surface area (Å²) >= 11 is 0. The van der Waals surface area contributed by atoms with Gasteiger partial charge in [-0.2, -0.15) is 57.9 Å². The molecule has 0 radical (unpaired) electrons. The first-order valence-corrected chi connectivity index (χ1v) is 18.4. The van der Waals surface area contributed by atoms with Crippen molar-refractivity contribution in [2.45, 2.75) is 24.7 Å². The maximum Gasteiger partial charge on any atom is 0.417 e. The second kappa shape index (κ2) is 13.9. The van der Waals surface area contributed by atoms with Crippen LogP contribution in [0.15, 0.2) is 140 Å². The fraction of sp³-hybridized carbons (Fsp3) is 0.0851. The summed E-state index contributed by atoms with van der Waals surface area (Å²) < 4.78 is 178. The second-order valence-corrected chi connectivity index (χ2v) is 14.4. The zero-order chi connectivity index (χ0) is 44.1. The summed E-state index contributed by atoms with van der Waals surface area (Å²) in [6.45, 7) is 0. The molecule has 3 nitrogen and oxygen atoms in total. The van der Waals surface area contributed by atoms with Crippen molar-refractivity contribution in [1.82, 2.24) is 9.13 Å². The van der Waals surface area contributed by atoms with Gasteiger partial charge in [-0.3, -0.25) is 0 Å². The first-order valence-electron chi connectivity index (χ1n) is 18.4. The molecule has 7 aromatic carbocycles. The maximum atomic E-state index is 15.1. The summed E-state index contributed by atoms with van der Waals surface area (Å²) in [5, 5.41) is 11.5. The molecule has 0 spiro atoms. The number of fused-ring (bicyclic) bond motifs is 6. The number of aromatic nitrogens is 2. The van der Waals surface area contributed by atoms with Crippen molar-refractivity contribution in [1.29, 1.82) is 5.26 Å². The predicted octanol–water partition coefficient (Wildman–Crippen LogP) is 15.2. The molecule has 0 atom stereocenters. The van der Waals surface area contributed by atoms with Crippen molar-refractivity contribution >= 4 is 43.6 Å². The molecule has 62 heavy (non-hydrogen) atoms. The number of nitrogens with zero attached hydrogens (tertiary/aromatic N) is 3. The number of para-hydroxylation sites is 2. The van der Waals surface area contributed by atoms with Crippen LogP contribution >= 0.6 is 0 Å². The first-order chi connectivity index (χ1) is 29.3. The van der Waals surface area contributed by atoms with E-state index in [4.69, 9.17) is 0 Å². The fourth-order valence-corrected chi connectivity index (χ4v) is 8.41. The van der Waals surface area contributed by atoms with Gasteiger partial charge < -0.3 is 9.13 Å². The number of benzene rings is 7. The molecule has 2 aromatic heterocycles. The molecule has 0 aliphatic carbocycles. The predicted molar refractivity (Wildman–Crippen MR) is 211 cm³/mol. The van der Waals surface area contributed by atoms with Crippen molar-refractivity contribution in [2.75, 3.05) is 0 Å². The Kier molecular flexibility index (Phi) is 9.02. The van der Waals surface area contributed by atoms with Crippen LogP contribution < -0.4 is 0 Å². The lowest BCUT2D eigenvalue weighted by Gasteiger charge is -2.25. The lowest BCUT2D eigenvalue weighted by Crippen LogP contribution is -2.15. The third-order valence-corrected chi connectivity index (χ3v) is 10.9. The van der Waals surface area contributed by atoms with E-state index in [0.717, 1.165) is 36.4 Å². The smallest absolute Gasteiger partial charge is 0.309 e. The van der Waals surface area contributed by atoms with Crippen LogP contribution in [-0.2, 0) is 24.7 Å². The van der Waals surface area contributed by atoms with Crippen LogP contribution in [0.2, 0.25) is 0 Å². The molecule has 310 valence electrons. The lowest BCUT2D eigenvalue weighted by molar-refractivity contribution is -0.142. The highest BCUT2D eigenvalue weighted by Gasteiger charge is 2.42. The molecule has 0 unspecified atom stereocenters. The Morgan fingerprint density at radius 2 is 0.790 bits per heavy atom. The molecule has 0 fully saturated rings. The van der Waals surface area contributed by atoms with Gasteiger partial charge in [0, 0.05) is 38.2 Å². The fourth-order valence-electron chi connectivity index (χ4n) is 8.41. The molecule has 0 N–H and O–H groups in total. The highest BCUT2D eigenvalue weighted by Crippen LogP contribution is 2.51. The number of nitriles is 1. The Morgan fingerprint density at radius 3 is 1.24 bits per heavy atom. The average Bonchev–Trinajstić information content (AvgIpc) is 3.73. The minimum atomic E-state index is -5.37. The maximum absolute atomic E-state index is 15.1. The summed E-state index contributed by atoms with van der Waals surface area (Å²) in [6, 6.07) is 29.5. The van der Waals surface area contributed by atoms with E-state index in [1.54, 1.807) is 36.4 Å². The van der Waals surface area contributed by atoms with Crippen molar-refractivity contribution < 1.29 is 52.7 Å². The summed E-state index contributed by atoms with van der Waals surface area (Å²) in [5.41, 5.74) is -7.53. The van der Waals surface area contributed by atoms with Gasteiger partial charge in [-0.1, -0.05) is 60.7 Å². The molecule has 9 aromatic rings. The largest absolute Gasteiger partial charge is 0.417 e. The van der Waals surface area contributed by atoms with E-state index in [0.29, 0.717) is 23.6 Å². The molecule has 2 heterocycles. The van der Waals surface area contributed by atoms with Crippen LogP contribution in [0.1, 0.15) is 27.8 Å². The van der Waals surface area contributed by atoms with Gasteiger partial charge >= 0.3 is 24.7 Å². The number of hydrogen-bond donors (Lipinski definition) is 0. The van der Waals surface area contributed by atoms with Crippen molar-refractivity contribution in [3.8, 4) is 39.7 Å². The Hall–Kier alpha value is -7.21. The Labute approximate surface area is 341 Å². The van der Waals surface area contributed by atoms with Gasteiger partial charge in [0.25, 0.3) is 0 Å². The van der Waals surface area contributed by atoms with Gasteiger partial charge in [0.15, 0.2) is 0 Å². The molecular formula is C47H23F12N3. The quantitative estimate of drug-likeness (QED) is 0.162. The summed E-state index contributed by atoms with van der Waals surface area (Å²) in [5.74, 6) is 0. The minimum absolute atomic E-state index is 0.0121. The normalized spacial score (nSPS) is 12.8. The molecule has 0 bridgehead atoms. The second-order valence-electron chi connectivity index (χ2n) is 14.4. The molecule has 15 heteroatoms. The van der Waals surface area contributed by atoms with Crippen molar-refractivity contribution in [3.05, 3.63) is 167 Å². The number of alkyl halides is 12. The van der Waals surface area contributed by atoms with Crippen LogP contribution in [0.3, 0.4) is 0 Å². The Balaban J connectivity index is 1.51. The van der Waals surface area contributed by atoms with Gasteiger partial charge in [-0.25, -0.2) is 0 Å². The molecule has 0 saturated carbocycles. The van der Waals surface area contributed by atoms with E-state index < -0.39 is 58.1 Å². The zero-order valence-corrected chi connectivity index (χ0v) is 31.2. The van der Waals surface area contributed by atoms with Crippen LogP contribution in [0.4, 0.5) is 52.7 Å². The standard InChI is InChI=1S/C47H23F12N3/c48-44(49,50)26-18-20-37-31(22-26)28-9-1-3-14-35(28)61(37)39-16-5-8-25(24-60)41(39)43-30(42-33(46(54,55)56)12-7-13-34(42)47(57,58)59)11-6-17-40(43)62-36-15-4-2-10-29(36)32-23-27(45(51,52)53)19-21-38(32)62/h1-23H. The topological polar surface area (TPSA) is 33.6 Å². The Morgan fingerprint density at radius 1 is 0.371 bits per heavy atom. The molecule has 0 saturated heterocycles. The van der Waals surface area contributed by atoms with E-state index in [1.165, 1.54) is 57.7 Å². The van der Waals surface area contributed by atoms with Crippen LogP contribution in [0.25, 0.3) is 77.2 Å². The van der Waals surface area contributed by atoms with Crippen molar-refractivity contribution in [2.24, 2.45) is 0 Å².